The molecule has 1 amide bonds. The van der Waals surface area contributed by atoms with Gasteiger partial charge in [0, 0.05) is 20.3 Å². The van der Waals surface area contributed by atoms with E-state index in [0.29, 0.717) is 6.54 Å². The van der Waals surface area contributed by atoms with E-state index < -0.39 is 6.29 Å². The van der Waals surface area contributed by atoms with Gasteiger partial charge < -0.3 is 14.8 Å². The number of methoxy groups -OCH3 is 2. The normalized spacial score (nSPS) is 11.2. The number of hydrogen-bond acceptors (Lipinski definition) is 4. The molecule has 1 aromatic rings. The number of carbonyl (C=O) groups is 1. The molecule has 4 nitrogen and oxygen atoms in total. The average Bonchev–Trinajstić information content (AvgIpc) is 2.80. The summed E-state index contributed by atoms with van der Waals surface area (Å²) >= 11 is 1.59. The molecule has 16 heavy (non-hydrogen) atoms. The number of nitrogens with one attached hydrogen (secondary N) is 1. The number of rotatable bonds is 6. The Morgan fingerprint density at radius 2 is 2.31 bits per heavy atom. The van der Waals surface area contributed by atoms with E-state index in [4.69, 9.17) is 9.47 Å². The molecule has 88 valence electrons. The molecule has 1 heterocycles. The van der Waals surface area contributed by atoms with Crippen LogP contribution in [0.3, 0.4) is 0 Å². The monoisotopic (exact) mass is 241 g/mol. The van der Waals surface area contributed by atoms with Crippen molar-refractivity contribution in [3.8, 4) is 0 Å². The van der Waals surface area contributed by atoms with Crippen molar-refractivity contribution in [1.29, 1.82) is 0 Å². The minimum absolute atomic E-state index is 0.162. The van der Waals surface area contributed by atoms with Crippen LogP contribution in [0.15, 0.2) is 22.9 Å². The molecule has 0 bridgehead atoms. The van der Waals surface area contributed by atoms with Crippen LogP contribution in [0.2, 0.25) is 0 Å². The van der Waals surface area contributed by atoms with Crippen LogP contribution in [0.5, 0.6) is 0 Å². The zero-order valence-corrected chi connectivity index (χ0v) is 10.1. The van der Waals surface area contributed by atoms with Crippen molar-refractivity contribution >= 4 is 23.3 Å². The third-order valence-electron chi connectivity index (χ3n) is 1.94. The molecule has 0 unspecified atom stereocenters. The van der Waals surface area contributed by atoms with Crippen LogP contribution in [-0.4, -0.2) is 33.0 Å². The first-order valence-electron chi connectivity index (χ1n) is 4.80. The minimum Gasteiger partial charge on any atom is -0.354 e. The van der Waals surface area contributed by atoms with Gasteiger partial charge >= 0.3 is 0 Å². The van der Waals surface area contributed by atoms with Gasteiger partial charge in [0.2, 0.25) is 5.91 Å². The van der Waals surface area contributed by atoms with Crippen molar-refractivity contribution in [2.45, 2.75) is 6.29 Å². The van der Waals surface area contributed by atoms with E-state index >= 15 is 0 Å². The fourth-order valence-corrected chi connectivity index (χ4v) is 1.68. The van der Waals surface area contributed by atoms with E-state index in [1.54, 1.807) is 17.4 Å². The molecule has 0 aliphatic rings. The van der Waals surface area contributed by atoms with Crippen LogP contribution >= 0.6 is 11.3 Å². The molecule has 0 aliphatic heterocycles. The Kier molecular flexibility index (Phi) is 5.77. The lowest BCUT2D eigenvalue weighted by Gasteiger charge is -2.12. The van der Waals surface area contributed by atoms with Gasteiger partial charge in [-0.15, -0.1) is 0 Å². The van der Waals surface area contributed by atoms with E-state index in [2.05, 4.69) is 5.32 Å². The molecule has 0 aromatic carbocycles. The highest BCUT2D eigenvalue weighted by atomic mass is 32.1. The lowest BCUT2D eigenvalue weighted by atomic mass is 10.3. The van der Waals surface area contributed by atoms with Crippen LogP contribution in [0.4, 0.5) is 0 Å². The number of carbonyl (C=O) groups excluding carboxylic acids is 1. The van der Waals surface area contributed by atoms with E-state index in [-0.39, 0.29) is 5.91 Å². The van der Waals surface area contributed by atoms with E-state index in [1.165, 1.54) is 20.3 Å². The van der Waals surface area contributed by atoms with Crippen molar-refractivity contribution in [1.82, 2.24) is 5.32 Å². The molecule has 0 saturated carbocycles. The molecule has 0 fully saturated rings. The van der Waals surface area contributed by atoms with Crippen LogP contribution in [0.1, 0.15) is 5.56 Å². The molecular weight excluding hydrogens is 226 g/mol. The maximum absolute atomic E-state index is 11.4. The first-order valence-corrected chi connectivity index (χ1v) is 5.74. The third-order valence-corrected chi connectivity index (χ3v) is 2.64. The quantitative estimate of drug-likeness (QED) is 0.606. The van der Waals surface area contributed by atoms with Gasteiger partial charge in [-0.1, -0.05) is 0 Å². The fourth-order valence-electron chi connectivity index (χ4n) is 1.05. The van der Waals surface area contributed by atoms with Crippen LogP contribution in [0.25, 0.3) is 6.08 Å². The molecule has 0 aliphatic carbocycles. The molecule has 0 atom stereocenters. The smallest absolute Gasteiger partial charge is 0.244 e. The number of ether oxygens (including phenoxy) is 2. The molecule has 0 radical (unpaired) electrons. The van der Waals surface area contributed by atoms with Crippen molar-refractivity contribution < 1.29 is 14.3 Å². The summed E-state index contributed by atoms with van der Waals surface area (Å²) in [5, 5.41) is 6.61. The van der Waals surface area contributed by atoms with Gasteiger partial charge in [0.05, 0.1) is 6.54 Å². The first-order chi connectivity index (χ1) is 7.76. The summed E-state index contributed by atoms with van der Waals surface area (Å²) in [6.45, 7) is 0.333. The SMILES string of the molecule is COC(CNC(=O)/C=C/c1ccsc1)OC. The maximum atomic E-state index is 11.4. The lowest BCUT2D eigenvalue weighted by Crippen LogP contribution is -2.33. The second-order valence-electron chi connectivity index (χ2n) is 3.04. The average molecular weight is 241 g/mol. The van der Waals surface area contributed by atoms with E-state index in [1.807, 2.05) is 16.8 Å². The predicted octanol–water partition coefficient (Wildman–Crippen LogP) is 1.50. The Balaban J connectivity index is 2.31. The summed E-state index contributed by atoms with van der Waals surface area (Å²) in [6, 6.07) is 1.95. The number of amides is 1. The van der Waals surface area contributed by atoms with Gasteiger partial charge in [-0.25, -0.2) is 0 Å². The van der Waals surface area contributed by atoms with Crippen LogP contribution in [-0.2, 0) is 14.3 Å². The van der Waals surface area contributed by atoms with Crippen molar-refractivity contribution in [3.05, 3.63) is 28.5 Å². The molecule has 1 rings (SSSR count). The Hall–Kier alpha value is -1.17. The Morgan fingerprint density at radius 3 is 2.88 bits per heavy atom. The van der Waals surface area contributed by atoms with Gasteiger partial charge in [-0.2, -0.15) is 11.3 Å². The van der Waals surface area contributed by atoms with E-state index in [0.717, 1.165) is 5.56 Å². The van der Waals surface area contributed by atoms with E-state index in [9.17, 15) is 4.79 Å². The molecule has 5 heteroatoms. The molecule has 0 saturated heterocycles. The summed E-state index contributed by atoms with van der Waals surface area (Å²) in [5.74, 6) is -0.162. The second kappa shape index (κ2) is 7.16. The minimum atomic E-state index is -0.404. The maximum Gasteiger partial charge on any atom is 0.244 e. The van der Waals surface area contributed by atoms with Gasteiger partial charge in [-0.05, 0) is 28.5 Å². The molecule has 1 N–H and O–H groups in total. The summed E-state index contributed by atoms with van der Waals surface area (Å²) in [7, 11) is 3.06. The van der Waals surface area contributed by atoms with Crippen molar-refractivity contribution in [2.75, 3.05) is 20.8 Å². The lowest BCUT2D eigenvalue weighted by molar-refractivity contribution is -0.123. The Labute approximate surface area is 98.9 Å². The van der Waals surface area contributed by atoms with Gasteiger partial charge in [0.15, 0.2) is 6.29 Å². The number of thiophene rings is 1. The zero-order chi connectivity index (χ0) is 11.8. The predicted molar refractivity (Wildman–Crippen MR) is 64.2 cm³/mol. The van der Waals surface area contributed by atoms with Crippen molar-refractivity contribution in [3.63, 3.8) is 0 Å². The third kappa shape index (κ3) is 4.57. The first kappa shape index (κ1) is 12.9. The highest BCUT2D eigenvalue weighted by Gasteiger charge is 2.05. The van der Waals surface area contributed by atoms with Gasteiger partial charge in [-0.3, -0.25) is 4.79 Å². The fraction of sp³-hybridized carbons (Fsp3) is 0.364. The molecular formula is C11H15NO3S. The summed E-state index contributed by atoms with van der Waals surface area (Å²) in [4.78, 5) is 11.4. The summed E-state index contributed by atoms with van der Waals surface area (Å²) < 4.78 is 9.88. The molecule has 0 spiro atoms. The van der Waals surface area contributed by atoms with Crippen LogP contribution < -0.4 is 5.32 Å². The standard InChI is InChI=1S/C11H15NO3S/c1-14-11(15-2)7-12-10(13)4-3-9-5-6-16-8-9/h3-6,8,11H,7H2,1-2H3,(H,12,13)/b4-3+. The summed E-state index contributed by atoms with van der Waals surface area (Å²) in [5.41, 5.74) is 1.02. The summed E-state index contributed by atoms with van der Waals surface area (Å²) in [6.07, 6.45) is 2.85. The highest BCUT2D eigenvalue weighted by Crippen LogP contribution is 2.07. The zero-order valence-electron chi connectivity index (χ0n) is 9.30. The Morgan fingerprint density at radius 1 is 1.56 bits per heavy atom. The topological polar surface area (TPSA) is 47.6 Å². The van der Waals surface area contributed by atoms with Crippen LogP contribution in [0, 0.1) is 0 Å². The van der Waals surface area contributed by atoms with Gasteiger partial charge in [0.25, 0.3) is 0 Å². The number of hydrogen-bond donors (Lipinski definition) is 1. The second-order valence-corrected chi connectivity index (χ2v) is 3.82. The largest absolute Gasteiger partial charge is 0.354 e. The Bertz CT molecular complexity index is 331. The van der Waals surface area contributed by atoms with Crippen molar-refractivity contribution in [2.24, 2.45) is 0 Å². The molecule has 1 aromatic heterocycles. The highest BCUT2D eigenvalue weighted by molar-refractivity contribution is 7.08. The van der Waals surface area contributed by atoms with Gasteiger partial charge in [0.1, 0.15) is 0 Å².